The van der Waals surface area contributed by atoms with E-state index in [2.05, 4.69) is 30.4 Å². The van der Waals surface area contributed by atoms with Gasteiger partial charge in [0.05, 0.1) is 16.9 Å². The smallest absolute Gasteiger partial charge is 0.307 e. The van der Waals surface area contributed by atoms with Crippen LogP contribution in [0.1, 0.15) is 25.5 Å². The molecule has 3 nitrogen and oxygen atoms in total. The summed E-state index contributed by atoms with van der Waals surface area (Å²) in [6, 6.07) is 15.8. The first kappa shape index (κ1) is 13.4. The summed E-state index contributed by atoms with van der Waals surface area (Å²) in [4.78, 5) is 4.72. The Labute approximate surface area is 133 Å². The van der Waals surface area contributed by atoms with E-state index in [1.807, 2.05) is 36.4 Å². The number of hydrogen-bond acceptors (Lipinski definition) is 2. The Morgan fingerprint density at radius 3 is 2.59 bits per heavy atom. The third kappa shape index (κ3) is 1.93. The molecule has 0 atom stereocenters. The average Bonchev–Trinajstić information content (AvgIpc) is 3.04. The quantitative estimate of drug-likeness (QED) is 0.487. The number of fused-ring (bicyclic) bond motifs is 3. The van der Waals surface area contributed by atoms with Crippen LogP contribution in [0.4, 0.5) is 0 Å². The lowest BCUT2D eigenvalue weighted by Gasteiger charge is -2.08. The zero-order valence-electron chi connectivity index (χ0n) is 12.4. The fourth-order valence-electron chi connectivity index (χ4n) is 2.90. The van der Waals surface area contributed by atoms with Gasteiger partial charge in [0.15, 0.2) is 5.58 Å². The minimum absolute atomic E-state index is 0.310. The number of benzene rings is 2. The molecule has 0 unspecified atom stereocenters. The number of aromatic nitrogens is 2. The molecule has 0 radical (unpaired) electrons. The van der Waals surface area contributed by atoms with E-state index >= 15 is 0 Å². The third-order valence-electron chi connectivity index (χ3n) is 3.84. The highest BCUT2D eigenvalue weighted by molar-refractivity contribution is 6.31. The maximum absolute atomic E-state index is 6.16. The van der Waals surface area contributed by atoms with Gasteiger partial charge in [-0.25, -0.2) is 0 Å². The van der Waals surface area contributed by atoms with Crippen LogP contribution in [0, 0.1) is 0 Å². The molecule has 0 aliphatic rings. The van der Waals surface area contributed by atoms with Crippen LogP contribution in [-0.4, -0.2) is 9.38 Å². The van der Waals surface area contributed by atoms with E-state index in [1.165, 1.54) is 0 Å². The summed E-state index contributed by atoms with van der Waals surface area (Å²) < 4.78 is 7.97. The van der Waals surface area contributed by atoms with Crippen LogP contribution in [0.25, 0.3) is 28.2 Å². The molecule has 2 aromatic carbocycles. The molecule has 0 saturated heterocycles. The van der Waals surface area contributed by atoms with E-state index < -0.39 is 0 Å². The van der Waals surface area contributed by atoms with Crippen LogP contribution in [0.3, 0.4) is 0 Å². The van der Waals surface area contributed by atoms with Gasteiger partial charge in [0, 0.05) is 10.6 Å². The van der Waals surface area contributed by atoms with Crippen molar-refractivity contribution in [2.45, 2.75) is 19.8 Å². The van der Waals surface area contributed by atoms with Crippen LogP contribution in [0.5, 0.6) is 0 Å². The van der Waals surface area contributed by atoms with Crippen molar-refractivity contribution in [3.8, 4) is 11.3 Å². The number of hydrogen-bond donors (Lipinski definition) is 0. The van der Waals surface area contributed by atoms with Crippen LogP contribution < -0.4 is 0 Å². The van der Waals surface area contributed by atoms with E-state index in [0.717, 1.165) is 28.1 Å². The van der Waals surface area contributed by atoms with Gasteiger partial charge in [0.1, 0.15) is 0 Å². The normalized spacial score (nSPS) is 11.8. The highest BCUT2D eigenvalue weighted by Gasteiger charge is 2.21. The molecule has 0 amide bonds. The summed E-state index contributed by atoms with van der Waals surface area (Å²) in [6.45, 7) is 4.33. The predicted molar refractivity (Wildman–Crippen MR) is 89.5 cm³/mol. The van der Waals surface area contributed by atoms with Crippen LogP contribution in [0.15, 0.2) is 52.9 Å². The highest BCUT2D eigenvalue weighted by Crippen LogP contribution is 2.34. The Balaban J connectivity index is 2.11. The first-order valence-electron chi connectivity index (χ1n) is 7.31. The fourth-order valence-corrected chi connectivity index (χ4v) is 3.07. The van der Waals surface area contributed by atoms with Crippen LogP contribution in [-0.2, 0) is 0 Å². The number of imidazole rings is 1. The number of rotatable bonds is 2. The molecule has 4 aromatic rings. The van der Waals surface area contributed by atoms with Crippen LogP contribution >= 0.6 is 11.6 Å². The van der Waals surface area contributed by atoms with Gasteiger partial charge in [-0.05, 0) is 24.1 Å². The SMILES string of the molecule is CC(C)c1c(-c2ccccc2)nc2oc3ccc(Cl)cc3n12. The first-order valence-corrected chi connectivity index (χ1v) is 7.69. The van der Waals surface area contributed by atoms with Crippen molar-refractivity contribution in [3.05, 3.63) is 59.2 Å². The summed E-state index contributed by atoms with van der Waals surface area (Å²) in [7, 11) is 0. The Morgan fingerprint density at radius 1 is 1.09 bits per heavy atom. The standard InChI is InChI=1S/C18H15ClN2O/c1-11(2)17-16(12-6-4-3-5-7-12)20-18-21(17)14-10-13(19)8-9-15(14)22-18/h3-11H,1-2H3. The second kappa shape index (κ2) is 4.89. The molecular weight excluding hydrogens is 296 g/mol. The topological polar surface area (TPSA) is 30.4 Å². The van der Waals surface area contributed by atoms with Crippen molar-refractivity contribution in [3.63, 3.8) is 0 Å². The Morgan fingerprint density at radius 2 is 1.86 bits per heavy atom. The third-order valence-corrected chi connectivity index (χ3v) is 4.07. The van der Waals surface area contributed by atoms with Crippen molar-refractivity contribution in [2.75, 3.05) is 0 Å². The largest absolute Gasteiger partial charge is 0.423 e. The molecule has 2 heterocycles. The Bertz CT molecular complexity index is 967. The van der Waals surface area contributed by atoms with Crippen molar-refractivity contribution in [1.29, 1.82) is 0 Å². The molecule has 22 heavy (non-hydrogen) atoms. The summed E-state index contributed by atoms with van der Waals surface area (Å²) >= 11 is 6.16. The van der Waals surface area contributed by atoms with Gasteiger partial charge in [-0.3, -0.25) is 4.40 Å². The monoisotopic (exact) mass is 310 g/mol. The molecule has 2 aromatic heterocycles. The van der Waals surface area contributed by atoms with E-state index in [9.17, 15) is 0 Å². The number of nitrogens with zero attached hydrogens (tertiary/aromatic N) is 2. The molecule has 110 valence electrons. The maximum Gasteiger partial charge on any atom is 0.307 e. The fraction of sp³-hybridized carbons (Fsp3) is 0.167. The van der Waals surface area contributed by atoms with Crippen molar-refractivity contribution >= 4 is 28.5 Å². The lowest BCUT2D eigenvalue weighted by atomic mass is 10.0. The summed E-state index contributed by atoms with van der Waals surface area (Å²) in [6.07, 6.45) is 0. The number of oxazole rings is 1. The molecule has 0 aliphatic carbocycles. The van der Waals surface area contributed by atoms with E-state index in [1.54, 1.807) is 0 Å². The van der Waals surface area contributed by atoms with Gasteiger partial charge >= 0.3 is 5.84 Å². The molecule has 4 heteroatoms. The van der Waals surface area contributed by atoms with Gasteiger partial charge in [-0.2, -0.15) is 4.98 Å². The highest BCUT2D eigenvalue weighted by atomic mass is 35.5. The van der Waals surface area contributed by atoms with Crippen molar-refractivity contribution in [1.82, 2.24) is 9.38 Å². The van der Waals surface area contributed by atoms with Crippen molar-refractivity contribution in [2.24, 2.45) is 0 Å². The molecule has 0 saturated carbocycles. The van der Waals surface area contributed by atoms with E-state index in [-0.39, 0.29) is 0 Å². The lowest BCUT2D eigenvalue weighted by molar-refractivity contribution is 0.639. The zero-order chi connectivity index (χ0) is 15.3. The van der Waals surface area contributed by atoms with E-state index in [4.69, 9.17) is 21.0 Å². The summed E-state index contributed by atoms with van der Waals surface area (Å²) in [5.41, 5.74) is 4.97. The maximum atomic E-state index is 6.16. The first-order chi connectivity index (χ1) is 10.6. The van der Waals surface area contributed by atoms with Gasteiger partial charge in [0.2, 0.25) is 0 Å². The van der Waals surface area contributed by atoms with Gasteiger partial charge < -0.3 is 4.42 Å². The van der Waals surface area contributed by atoms with Gasteiger partial charge in [-0.1, -0.05) is 55.8 Å². The predicted octanol–water partition coefficient (Wildman–Crippen LogP) is 5.52. The van der Waals surface area contributed by atoms with Crippen LogP contribution in [0.2, 0.25) is 5.02 Å². The molecule has 0 fully saturated rings. The lowest BCUT2D eigenvalue weighted by Crippen LogP contribution is -1.96. The summed E-state index contributed by atoms with van der Waals surface area (Å²) in [5.74, 6) is 0.921. The second-order valence-electron chi connectivity index (χ2n) is 5.70. The molecule has 0 bridgehead atoms. The Kier molecular flexibility index (Phi) is 2.98. The Hall–Kier alpha value is -2.26. The van der Waals surface area contributed by atoms with Crippen molar-refractivity contribution < 1.29 is 4.42 Å². The van der Waals surface area contributed by atoms with Gasteiger partial charge in [-0.15, -0.1) is 0 Å². The zero-order valence-corrected chi connectivity index (χ0v) is 13.1. The van der Waals surface area contributed by atoms with E-state index in [0.29, 0.717) is 16.8 Å². The summed E-state index contributed by atoms with van der Waals surface area (Å²) in [5, 5.41) is 0.694. The number of halogens is 1. The molecule has 0 aliphatic heterocycles. The molecule has 4 rings (SSSR count). The molecule has 0 spiro atoms. The minimum Gasteiger partial charge on any atom is -0.423 e. The average molecular weight is 311 g/mol. The molecular formula is C18H15ClN2O. The molecule has 0 N–H and O–H groups in total. The minimum atomic E-state index is 0.310. The van der Waals surface area contributed by atoms with Gasteiger partial charge in [0.25, 0.3) is 0 Å². The second-order valence-corrected chi connectivity index (χ2v) is 6.13.